The van der Waals surface area contributed by atoms with Crippen LogP contribution in [0.4, 0.5) is 4.79 Å². The van der Waals surface area contributed by atoms with Gasteiger partial charge in [-0.25, -0.2) is 4.79 Å². The number of hydrogen-bond acceptors (Lipinski definition) is 8. The highest BCUT2D eigenvalue weighted by molar-refractivity contribution is 7.11. The topological polar surface area (TPSA) is 72.5 Å². The van der Waals surface area contributed by atoms with Gasteiger partial charge in [-0.05, 0) is 54.4 Å². The van der Waals surface area contributed by atoms with Crippen LogP contribution in [0.15, 0.2) is 42.5 Å². The van der Waals surface area contributed by atoms with Crippen molar-refractivity contribution in [2.24, 2.45) is 0 Å². The fraction of sp³-hybridized carbons (Fsp3) is 0.296. The summed E-state index contributed by atoms with van der Waals surface area (Å²) in [5.74, 6) is 2.31. The maximum atomic E-state index is 12.2. The summed E-state index contributed by atoms with van der Waals surface area (Å²) in [4.78, 5) is 14.3. The lowest BCUT2D eigenvalue weighted by molar-refractivity contribution is 0.0925. The van der Waals surface area contributed by atoms with Gasteiger partial charge >= 0.3 is 6.16 Å². The average Bonchev–Trinajstić information content (AvgIpc) is 3.31. The molecule has 1 heterocycles. The highest BCUT2D eigenvalue weighted by atomic mass is 32.1. The van der Waals surface area contributed by atoms with Gasteiger partial charge in [0.05, 0.1) is 28.4 Å². The minimum Gasteiger partial charge on any atom is -0.493 e. The highest BCUT2D eigenvalue weighted by Crippen LogP contribution is 2.38. The highest BCUT2D eigenvalue weighted by Gasteiger charge is 2.14. The monoisotopic (exact) mass is 500 g/mol. The third-order valence-corrected chi connectivity index (χ3v) is 5.64. The van der Waals surface area contributed by atoms with Gasteiger partial charge < -0.3 is 28.4 Å². The molecule has 0 aliphatic heterocycles. The molecule has 0 spiro atoms. The predicted octanol–water partition coefficient (Wildman–Crippen LogP) is 7.00. The third kappa shape index (κ3) is 7.68. The van der Waals surface area contributed by atoms with Crippen LogP contribution in [-0.4, -0.2) is 34.6 Å². The summed E-state index contributed by atoms with van der Waals surface area (Å²) in [6.07, 6.45) is 2.95. The zero-order valence-electron chi connectivity index (χ0n) is 21.2. The van der Waals surface area contributed by atoms with E-state index in [9.17, 15) is 4.79 Å². The lowest BCUT2D eigenvalue weighted by Gasteiger charge is -2.13. The molecule has 2 aromatic carbocycles. The van der Waals surface area contributed by atoms with Gasteiger partial charge in [-0.3, -0.25) is 0 Å². The number of aryl methyl sites for hydroxylation is 1. The van der Waals surface area contributed by atoms with Crippen LogP contribution in [0.5, 0.6) is 28.7 Å². The molecule has 8 heteroatoms. The van der Waals surface area contributed by atoms with E-state index in [0.717, 1.165) is 20.9 Å². The molecule has 0 aliphatic rings. The van der Waals surface area contributed by atoms with E-state index in [-0.39, 0.29) is 12.4 Å². The van der Waals surface area contributed by atoms with E-state index in [1.165, 1.54) is 7.11 Å². The fourth-order valence-corrected chi connectivity index (χ4v) is 3.88. The first kappa shape index (κ1) is 27.6. The summed E-state index contributed by atoms with van der Waals surface area (Å²) in [6, 6.07) is 12.8. The quantitative estimate of drug-likeness (QED) is 0.178. The van der Waals surface area contributed by atoms with Crippen LogP contribution < -0.4 is 23.7 Å². The van der Waals surface area contributed by atoms with E-state index >= 15 is 0 Å². The Labute approximate surface area is 210 Å². The number of ether oxygens (including phenoxy) is 6. The van der Waals surface area contributed by atoms with Crippen molar-refractivity contribution >= 4 is 29.6 Å². The summed E-state index contributed by atoms with van der Waals surface area (Å²) in [5.41, 5.74) is 1.63. The molecular weight excluding hydrogens is 468 g/mol. The molecular formula is C27H32O7S. The Morgan fingerprint density at radius 1 is 0.771 bits per heavy atom. The second-order valence-corrected chi connectivity index (χ2v) is 8.23. The van der Waals surface area contributed by atoms with Gasteiger partial charge in [0.2, 0.25) is 5.75 Å². The van der Waals surface area contributed by atoms with Crippen molar-refractivity contribution in [2.45, 2.75) is 27.4 Å². The Bertz CT molecular complexity index is 1110. The van der Waals surface area contributed by atoms with Crippen molar-refractivity contribution in [3.63, 3.8) is 0 Å². The Morgan fingerprint density at radius 2 is 1.37 bits per heavy atom. The number of carbonyl (C=O) groups is 1. The van der Waals surface area contributed by atoms with E-state index in [1.807, 2.05) is 63.3 Å². The van der Waals surface area contributed by atoms with Crippen LogP contribution in [0.2, 0.25) is 0 Å². The summed E-state index contributed by atoms with van der Waals surface area (Å²) >= 11 is 1.57. The minimum atomic E-state index is -0.801. The molecule has 0 saturated heterocycles. The zero-order chi connectivity index (χ0) is 25.8. The van der Waals surface area contributed by atoms with Crippen LogP contribution in [0.3, 0.4) is 0 Å². The van der Waals surface area contributed by atoms with Crippen molar-refractivity contribution in [2.75, 3.05) is 28.4 Å². The Hall–Kier alpha value is -3.65. The van der Waals surface area contributed by atoms with Gasteiger partial charge in [0, 0.05) is 9.75 Å². The molecule has 0 aliphatic carbocycles. The van der Waals surface area contributed by atoms with Crippen LogP contribution in [0.1, 0.15) is 34.7 Å². The Kier molecular flexibility index (Phi) is 11.0. The normalized spacial score (nSPS) is 10.3. The number of methoxy groups -OCH3 is 4. The second kappa shape index (κ2) is 13.9. The van der Waals surface area contributed by atoms with E-state index in [4.69, 9.17) is 28.4 Å². The van der Waals surface area contributed by atoms with Gasteiger partial charge in [-0.2, -0.15) is 0 Å². The van der Waals surface area contributed by atoms with Crippen molar-refractivity contribution < 1.29 is 33.2 Å². The van der Waals surface area contributed by atoms with Gasteiger partial charge in [0.25, 0.3) is 0 Å². The lowest BCUT2D eigenvalue weighted by atomic mass is 10.1. The standard InChI is InChI=1S/C25H26O7S.C2H6/c1-16-6-10-19(33-16)15-31-25(26)32-21-12-17(9-11-20(21)27-2)7-8-18-13-22(28-3)24(30-5)23(14-18)29-4;1-2/h6-14H,15H2,1-5H3;1-2H3/b8-7-;. The number of hydrogen-bond donors (Lipinski definition) is 0. The van der Waals surface area contributed by atoms with Crippen LogP contribution in [0.25, 0.3) is 12.2 Å². The van der Waals surface area contributed by atoms with Gasteiger partial charge in [-0.15, -0.1) is 11.3 Å². The first-order chi connectivity index (χ1) is 17.0. The van der Waals surface area contributed by atoms with Crippen LogP contribution in [-0.2, 0) is 11.3 Å². The van der Waals surface area contributed by atoms with Crippen LogP contribution >= 0.6 is 11.3 Å². The summed E-state index contributed by atoms with van der Waals surface area (Å²) < 4.78 is 32.1. The SMILES string of the molecule is CC.COc1ccc(/C=C\c2cc(OC)c(OC)c(OC)c2)cc1OC(=O)OCc1ccc(C)s1. The van der Waals surface area contributed by atoms with Crippen LogP contribution in [0, 0.1) is 6.92 Å². The predicted molar refractivity (Wildman–Crippen MR) is 139 cm³/mol. The number of carbonyl (C=O) groups excluding carboxylic acids is 1. The largest absolute Gasteiger partial charge is 0.514 e. The minimum absolute atomic E-state index is 0.153. The van der Waals surface area contributed by atoms with Crippen molar-refractivity contribution in [1.29, 1.82) is 0 Å². The molecule has 0 N–H and O–H groups in total. The number of rotatable bonds is 9. The molecule has 1 aromatic heterocycles. The van der Waals surface area contributed by atoms with Gasteiger partial charge in [-0.1, -0.05) is 32.1 Å². The van der Waals surface area contributed by atoms with Crippen molar-refractivity contribution in [1.82, 2.24) is 0 Å². The summed E-state index contributed by atoms with van der Waals surface area (Å²) in [7, 11) is 6.20. The third-order valence-electron chi connectivity index (χ3n) is 4.66. The number of thiophene rings is 1. The fourth-order valence-electron chi connectivity index (χ4n) is 3.08. The maximum absolute atomic E-state index is 12.2. The van der Waals surface area contributed by atoms with E-state index in [2.05, 4.69) is 0 Å². The second-order valence-electron chi connectivity index (χ2n) is 6.86. The molecule has 0 fully saturated rings. The molecule has 3 aromatic rings. The zero-order valence-corrected chi connectivity index (χ0v) is 22.0. The summed E-state index contributed by atoms with van der Waals surface area (Å²) in [6.45, 7) is 6.15. The smallest absolute Gasteiger partial charge is 0.493 e. The number of benzene rings is 2. The van der Waals surface area contributed by atoms with E-state index in [0.29, 0.717) is 23.0 Å². The Balaban J connectivity index is 0.00000210. The molecule has 0 bridgehead atoms. The Morgan fingerprint density at radius 3 is 1.91 bits per heavy atom. The molecule has 0 unspecified atom stereocenters. The summed E-state index contributed by atoms with van der Waals surface area (Å²) in [5, 5.41) is 0. The van der Waals surface area contributed by atoms with Gasteiger partial charge in [0.15, 0.2) is 23.0 Å². The van der Waals surface area contributed by atoms with Gasteiger partial charge in [0.1, 0.15) is 6.61 Å². The first-order valence-electron chi connectivity index (χ1n) is 11.0. The van der Waals surface area contributed by atoms with Crippen molar-refractivity contribution in [3.8, 4) is 28.7 Å². The van der Waals surface area contributed by atoms with E-state index < -0.39 is 6.16 Å². The molecule has 0 atom stereocenters. The average molecular weight is 501 g/mol. The molecule has 3 rings (SSSR count). The molecule has 0 radical (unpaired) electrons. The van der Waals surface area contributed by atoms with E-state index in [1.54, 1.807) is 44.8 Å². The maximum Gasteiger partial charge on any atom is 0.514 e. The lowest BCUT2D eigenvalue weighted by Crippen LogP contribution is -2.10. The molecule has 0 saturated carbocycles. The molecule has 35 heavy (non-hydrogen) atoms. The molecule has 0 amide bonds. The molecule has 188 valence electrons. The molecule has 7 nitrogen and oxygen atoms in total. The van der Waals surface area contributed by atoms with Crippen molar-refractivity contribution in [3.05, 3.63) is 63.3 Å². The first-order valence-corrected chi connectivity index (χ1v) is 11.8.